The van der Waals surface area contributed by atoms with Gasteiger partial charge in [-0.2, -0.15) is 0 Å². The number of rotatable bonds is 6. The molecular weight excluding hydrogens is 230 g/mol. The molecule has 2 N–H and O–H groups in total. The average molecular weight is 247 g/mol. The van der Waals surface area contributed by atoms with E-state index >= 15 is 0 Å². The Balaban J connectivity index is 2.86. The molecule has 1 aromatic carbocycles. The van der Waals surface area contributed by atoms with Crippen LogP contribution in [0.15, 0.2) is 36.9 Å². The normalized spacial score (nSPS) is 11.6. The van der Waals surface area contributed by atoms with E-state index in [1.807, 2.05) is 31.2 Å². The van der Waals surface area contributed by atoms with Crippen LogP contribution >= 0.6 is 0 Å². The second-order valence-corrected chi connectivity index (χ2v) is 3.93. The molecule has 1 amide bonds. The molecule has 0 aromatic heterocycles. The van der Waals surface area contributed by atoms with Crippen LogP contribution in [0.1, 0.15) is 18.1 Å². The van der Waals surface area contributed by atoms with Crippen LogP contribution in [0.4, 0.5) is 0 Å². The van der Waals surface area contributed by atoms with Gasteiger partial charge >= 0.3 is 5.97 Å². The Morgan fingerprint density at radius 2 is 2.00 bits per heavy atom. The molecule has 18 heavy (non-hydrogen) atoms. The number of aryl methyl sites for hydroxylation is 1. The van der Waals surface area contributed by atoms with Crippen LogP contribution in [-0.2, 0) is 22.4 Å². The first kappa shape index (κ1) is 14.0. The largest absolute Gasteiger partial charge is 0.480 e. The van der Waals surface area contributed by atoms with Crippen molar-refractivity contribution in [1.29, 1.82) is 0 Å². The first-order valence-corrected chi connectivity index (χ1v) is 5.81. The van der Waals surface area contributed by atoms with E-state index in [-0.39, 0.29) is 6.42 Å². The van der Waals surface area contributed by atoms with Crippen molar-refractivity contribution < 1.29 is 14.7 Å². The highest BCUT2D eigenvalue weighted by molar-refractivity contribution is 5.90. The van der Waals surface area contributed by atoms with E-state index in [4.69, 9.17) is 5.11 Å². The van der Waals surface area contributed by atoms with Crippen molar-refractivity contribution >= 4 is 11.9 Å². The van der Waals surface area contributed by atoms with Gasteiger partial charge in [-0.3, -0.25) is 4.79 Å². The fourth-order valence-corrected chi connectivity index (χ4v) is 1.75. The standard InChI is InChI=1S/C14H17NO3/c1-3-10-7-5-6-8-11(10)9-12(14(17)18)15-13(16)4-2/h4-8,12H,2-3,9H2,1H3,(H,15,16)(H,17,18)/t12-/m0/s1. The third-order valence-corrected chi connectivity index (χ3v) is 2.72. The number of nitrogens with one attached hydrogen (secondary N) is 1. The van der Waals surface area contributed by atoms with Crippen molar-refractivity contribution in [2.75, 3.05) is 0 Å². The highest BCUT2D eigenvalue weighted by Crippen LogP contribution is 2.12. The van der Waals surface area contributed by atoms with Gasteiger partial charge < -0.3 is 10.4 Å². The van der Waals surface area contributed by atoms with Crippen LogP contribution in [0.5, 0.6) is 0 Å². The van der Waals surface area contributed by atoms with Crippen LogP contribution in [0.2, 0.25) is 0 Å². The zero-order valence-corrected chi connectivity index (χ0v) is 10.3. The van der Waals surface area contributed by atoms with Gasteiger partial charge in [-0.15, -0.1) is 0 Å². The Bertz CT molecular complexity index is 454. The summed E-state index contributed by atoms with van der Waals surface area (Å²) in [6.07, 6.45) is 2.18. The van der Waals surface area contributed by atoms with Crippen LogP contribution in [0.3, 0.4) is 0 Å². The summed E-state index contributed by atoms with van der Waals surface area (Å²) in [5, 5.41) is 11.5. The number of aliphatic carboxylic acids is 1. The van der Waals surface area contributed by atoms with Crippen molar-refractivity contribution in [3.8, 4) is 0 Å². The summed E-state index contributed by atoms with van der Waals surface area (Å²) in [5.74, 6) is -1.52. The van der Waals surface area contributed by atoms with Gasteiger partial charge in [0.2, 0.25) is 5.91 Å². The molecule has 0 aliphatic heterocycles. The fourth-order valence-electron chi connectivity index (χ4n) is 1.75. The monoisotopic (exact) mass is 247 g/mol. The van der Waals surface area contributed by atoms with Gasteiger partial charge in [0.25, 0.3) is 0 Å². The van der Waals surface area contributed by atoms with Crippen molar-refractivity contribution in [3.05, 3.63) is 48.0 Å². The lowest BCUT2D eigenvalue weighted by Crippen LogP contribution is -2.41. The zero-order valence-electron chi connectivity index (χ0n) is 10.3. The molecule has 0 saturated carbocycles. The Morgan fingerprint density at radius 1 is 1.39 bits per heavy atom. The number of carbonyl (C=O) groups is 2. The highest BCUT2D eigenvalue weighted by Gasteiger charge is 2.20. The first-order chi connectivity index (χ1) is 8.58. The number of carboxylic acids is 1. The number of hydrogen-bond acceptors (Lipinski definition) is 2. The fraction of sp³-hybridized carbons (Fsp3) is 0.286. The molecule has 0 unspecified atom stereocenters. The summed E-state index contributed by atoms with van der Waals surface area (Å²) in [4.78, 5) is 22.3. The zero-order chi connectivity index (χ0) is 13.5. The Morgan fingerprint density at radius 3 is 2.50 bits per heavy atom. The molecule has 0 radical (unpaired) electrons. The Hall–Kier alpha value is -2.10. The second-order valence-electron chi connectivity index (χ2n) is 3.93. The quantitative estimate of drug-likeness (QED) is 0.749. The van der Waals surface area contributed by atoms with Crippen molar-refractivity contribution in [2.45, 2.75) is 25.8 Å². The molecule has 96 valence electrons. The van der Waals surface area contributed by atoms with Gasteiger partial charge in [0.15, 0.2) is 0 Å². The predicted molar refractivity (Wildman–Crippen MR) is 69.3 cm³/mol. The lowest BCUT2D eigenvalue weighted by molar-refractivity contribution is -0.141. The maximum Gasteiger partial charge on any atom is 0.326 e. The Labute approximate surface area is 106 Å². The average Bonchev–Trinajstić information content (AvgIpc) is 2.38. The smallest absolute Gasteiger partial charge is 0.326 e. The van der Waals surface area contributed by atoms with E-state index in [9.17, 15) is 9.59 Å². The molecule has 0 bridgehead atoms. The maximum absolute atomic E-state index is 11.2. The molecule has 0 fully saturated rings. The van der Waals surface area contributed by atoms with Gasteiger partial charge in [-0.1, -0.05) is 37.8 Å². The van der Waals surface area contributed by atoms with Crippen molar-refractivity contribution in [3.63, 3.8) is 0 Å². The van der Waals surface area contributed by atoms with Crippen molar-refractivity contribution in [1.82, 2.24) is 5.32 Å². The predicted octanol–water partition coefficient (Wildman–Crippen LogP) is 1.55. The van der Waals surface area contributed by atoms with E-state index in [0.717, 1.165) is 23.6 Å². The number of amides is 1. The number of benzene rings is 1. The highest BCUT2D eigenvalue weighted by atomic mass is 16.4. The molecule has 0 aliphatic carbocycles. The first-order valence-electron chi connectivity index (χ1n) is 5.81. The lowest BCUT2D eigenvalue weighted by atomic mass is 9.98. The number of hydrogen-bond donors (Lipinski definition) is 2. The third kappa shape index (κ3) is 3.73. The van der Waals surface area contributed by atoms with Crippen LogP contribution in [0, 0.1) is 0 Å². The van der Waals surface area contributed by atoms with Gasteiger partial charge in [0.05, 0.1) is 0 Å². The van der Waals surface area contributed by atoms with Gasteiger partial charge in [0, 0.05) is 6.42 Å². The maximum atomic E-state index is 11.2. The molecule has 0 aliphatic rings. The second kappa shape index (κ2) is 6.59. The molecule has 4 heteroatoms. The summed E-state index contributed by atoms with van der Waals surface area (Å²) < 4.78 is 0. The van der Waals surface area contributed by atoms with E-state index in [1.54, 1.807) is 0 Å². The van der Waals surface area contributed by atoms with Crippen molar-refractivity contribution in [2.24, 2.45) is 0 Å². The van der Waals surface area contributed by atoms with Gasteiger partial charge in [-0.05, 0) is 23.6 Å². The summed E-state index contributed by atoms with van der Waals surface area (Å²) in [7, 11) is 0. The molecule has 4 nitrogen and oxygen atoms in total. The molecular formula is C14H17NO3. The summed E-state index contributed by atoms with van der Waals surface area (Å²) >= 11 is 0. The van der Waals surface area contributed by atoms with E-state index in [2.05, 4.69) is 11.9 Å². The van der Waals surface area contributed by atoms with E-state index in [1.165, 1.54) is 0 Å². The summed E-state index contributed by atoms with van der Waals surface area (Å²) in [6.45, 7) is 5.32. The minimum Gasteiger partial charge on any atom is -0.480 e. The molecule has 1 atom stereocenters. The minimum absolute atomic E-state index is 0.277. The molecule has 0 saturated heterocycles. The van der Waals surface area contributed by atoms with Crippen LogP contribution in [0.25, 0.3) is 0 Å². The molecule has 1 aromatic rings. The molecule has 1 rings (SSSR count). The molecule has 0 heterocycles. The van der Waals surface area contributed by atoms with Gasteiger partial charge in [-0.25, -0.2) is 4.79 Å². The van der Waals surface area contributed by atoms with Gasteiger partial charge in [0.1, 0.15) is 6.04 Å². The summed E-state index contributed by atoms with van der Waals surface area (Å²) in [6, 6.07) is 6.70. The SMILES string of the molecule is C=CC(=O)N[C@@H](Cc1ccccc1CC)C(=O)O. The number of carboxylic acid groups (broad SMARTS) is 1. The molecule has 0 spiro atoms. The lowest BCUT2D eigenvalue weighted by Gasteiger charge is -2.15. The van der Waals surface area contributed by atoms with E-state index < -0.39 is 17.9 Å². The van der Waals surface area contributed by atoms with Crippen LogP contribution in [-0.4, -0.2) is 23.0 Å². The minimum atomic E-state index is -1.05. The topological polar surface area (TPSA) is 66.4 Å². The van der Waals surface area contributed by atoms with E-state index in [0.29, 0.717) is 0 Å². The number of carbonyl (C=O) groups excluding carboxylic acids is 1. The van der Waals surface area contributed by atoms with Crippen LogP contribution < -0.4 is 5.32 Å². The Kier molecular flexibility index (Phi) is 5.11. The summed E-state index contributed by atoms with van der Waals surface area (Å²) in [5.41, 5.74) is 2.04. The third-order valence-electron chi connectivity index (χ3n) is 2.72.